The van der Waals surface area contributed by atoms with Crippen LogP contribution in [0.4, 0.5) is 0 Å². The third-order valence-corrected chi connectivity index (χ3v) is 4.39. The maximum Gasteiger partial charge on any atom is 0.255 e. The monoisotopic (exact) mass is 350 g/mol. The van der Waals surface area contributed by atoms with Gasteiger partial charge in [0.15, 0.2) is 0 Å². The number of morpholine rings is 1. The lowest BCUT2D eigenvalue weighted by atomic mass is 10.1. The Balaban J connectivity index is 1.54. The van der Waals surface area contributed by atoms with Crippen LogP contribution < -0.4 is 0 Å². The molecular weight excluding hydrogens is 332 g/mol. The summed E-state index contributed by atoms with van der Waals surface area (Å²) in [7, 11) is 0. The first-order valence-corrected chi connectivity index (χ1v) is 8.39. The van der Waals surface area contributed by atoms with Gasteiger partial charge < -0.3 is 9.64 Å². The Labute approximate surface area is 150 Å². The minimum Gasteiger partial charge on any atom is -0.366 e. The smallest absolute Gasteiger partial charge is 0.255 e. The Kier molecular flexibility index (Phi) is 4.40. The molecule has 0 radical (unpaired) electrons. The highest BCUT2D eigenvalue weighted by molar-refractivity contribution is 5.95. The molecule has 4 rings (SSSR count). The fourth-order valence-corrected chi connectivity index (χ4v) is 3.02. The predicted octanol–water partition coefficient (Wildman–Crippen LogP) is 1.78. The Bertz CT molecular complexity index is 897. The zero-order valence-electron chi connectivity index (χ0n) is 14.3. The van der Waals surface area contributed by atoms with E-state index in [1.54, 1.807) is 4.90 Å². The van der Waals surface area contributed by atoms with E-state index < -0.39 is 0 Å². The molecule has 132 valence electrons. The van der Waals surface area contributed by atoms with Crippen molar-refractivity contribution in [2.24, 2.45) is 0 Å². The van der Waals surface area contributed by atoms with E-state index in [1.807, 2.05) is 49.4 Å². The highest BCUT2D eigenvalue weighted by atomic mass is 16.5. The van der Waals surface area contributed by atoms with Crippen LogP contribution in [0.2, 0.25) is 0 Å². The highest BCUT2D eigenvalue weighted by Crippen LogP contribution is 2.22. The van der Waals surface area contributed by atoms with E-state index in [0.29, 0.717) is 36.8 Å². The topological polar surface area (TPSA) is 96.9 Å². The lowest BCUT2D eigenvalue weighted by molar-refractivity contribution is -0.0268. The Morgan fingerprint density at radius 2 is 2.08 bits per heavy atom. The molecule has 1 aliphatic heterocycles. The number of rotatable bonds is 3. The van der Waals surface area contributed by atoms with E-state index in [0.717, 1.165) is 11.3 Å². The summed E-state index contributed by atoms with van der Waals surface area (Å²) in [6.07, 6.45) is -0.372. The molecule has 1 fully saturated rings. The van der Waals surface area contributed by atoms with Gasteiger partial charge in [-0.1, -0.05) is 35.5 Å². The third-order valence-electron chi connectivity index (χ3n) is 4.39. The molecule has 1 aliphatic rings. The van der Waals surface area contributed by atoms with Gasteiger partial charge in [0.1, 0.15) is 6.10 Å². The van der Waals surface area contributed by atoms with Crippen LogP contribution in [0.5, 0.6) is 0 Å². The first-order valence-electron chi connectivity index (χ1n) is 8.39. The minimum absolute atomic E-state index is 0.0635. The third kappa shape index (κ3) is 3.18. The van der Waals surface area contributed by atoms with Crippen molar-refractivity contribution >= 4 is 5.91 Å². The highest BCUT2D eigenvalue weighted by Gasteiger charge is 2.29. The van der Waals surface area contributed by atoms with Gasteiger partial charge >= 0.3 is 0 Å². The van der Waals surface area contributed by atoms with Gasteiger partial charge in [-0.2, -0.15) is 5.21 Å². The maximum atomic E-state index is 12.9. The van der Waals surface area contributed by atoms with Crippen molar-refractivity contribution in [3.05, 3.63) is 59.5 Å². The molecule has 0 aliphatic carbocycles. The first-order chi connectivity index (χ1) is 12.7. The van der Waals surface area contributed by atoms with Gasteiger partial charge in [-0.3, -0.25) is 9.78 Å². The fraction of sp³-hybridized carbons (Fsp3) is 0.278. The molecule has 2 aromatic heterocycles. The summed E-state index contributed by atoms with van der Waals surface area (Å²) >= 11 is 0. The van der Waals surface area contributed by atoms with Gasteiger partial charge in [0, 0.05) is 12.1 Å². The second kappa shape index (κ2) is 7.01. The zero-order chi connectivity index (χ0) is 17.9. The minimum atomic E-state index is -0.372. The van der Waals surface area contributed by atoms with E-state index >= 15 is 0 Å². The number of aromatic amines is 1. The molecule has 1 saturated heterocycles. The Hall–Kier alpha value is -3.13. The van der Waals surface area contributed by atoms with Gasteiger partial charge in [-0.25, -0.2) is 0 Å². The van der Waals surface area contributed by atoms with Crippen LogP contribution in [0, 0.1) is 6.92 Å². The Morgan fingerprint density at radius 3 is 2.81 bits per heavy atom. The number of tetrazole rings is 1. The SMILES string of the molecule is Cc1nc(-c2ccccc2)ccc1C(=O)N1CCOC(c2nn[nH]n2)C1. The zero-order valence-corrected chi connectivity index (χ0v) is 14.3. The van der Waals surface area contributed by atoms with Gasteiger partial charge in [0.05, 0.1) is 30.1 Å². The van der Waals surface area contributed by atoms with Crippen molar-refractivity contribution in [2.45, 2.75) is 13.0 Å². The van der Waals surface area contributed by atoms with Crippen molar-refractivity contribution in [1.82, 2.24) is 30.5 Å². The number of H-pyrrole nitrogens is 1. The van der Waals surface area contributed by atoms with E-state index in [-0.39, 0.29) is 12.0 Å². The molecule has 8 nitrogen and oxygen atoms in total. The van der Waals surface area contributed by atoms with Crippen LogP contribution >= 0.6 is 0 Å². The van der Waals surface area contributed by atoms with Gasteiger partial charge in [0.2, 0.25) is 5.82 Å². The molecule has 3 heterocycles. The second-order valence-corrected chi connectivity index (χ2v) is 6.08. The van der Waals surface area contributed by atoms with Gasteiger partial charge in [-0.05, 0) is 19.1 Å². The van der Waals surface area contributed by atoms with Crippen molar-refractivity contribution < 1.29 is 9.53 Å². The number of nitrogens with zero attached hydrogens (tertiary/aromatic N) is 5. The molecule has 1 amide bonds. The fourth-order valence-electron chi connectivity index (χ4n) is 3.02. The quantitative estimate of drug-likeness (QED) is 0.773. The van der Waals surface area contributed by atoms with E-state index in [9.17, 15) is 4.79 Å². The van der Waals surface area contributed by atoms with Crippen molar-refractivity contribution in [3.63, 3.8) is 0 Å². The number of nitrogens with one attached hydrogen (secondary N) is 1. The second-order valence-electron chi connectivity index (χ2n) is 6.08. The average Bonchev–Trinajstić information content (AvgIpc) is 3.23. The number of hydrogen-bond donors (Lipinski definition) is 1. The molecule has 1 N–H and O–H groups in total. The summed E-state index contributed by atoms with van der Waals surface area (Å²) < 4.78 is 5.65. The number of ether oxygens (including phenoxy) is 1. The van der Waals surface area contributed by atoms with E-state index in [1.165, 1.54) is 0 Å². The normalized spacial score (nSPS) is 17.3. The number of carbonyl (C=O) groups is 1. The predicted molar refractivity (Wildman–Crippen MR) is 93.2 cm³/mol. The average molecular weight is 350 g/mol. The molecule has 3 aromatic rings. The van der Waals surface area contributed by atoms with Crippen LogP contribution in [0.1, 0.15) is 28.0 Å². The Morgan fingerprint density at radius 1 is 1.23 bits per heavy atom. The number of amides is 1. The number of pyridine rings is 1. The summed E-state index contributed by atoms with van der Waals surface area (Å²) in [4.78, 5) is 19.3. The number of benzene rings is 1. The molecule has 1 unspecified atom stereocenters. The van der Waals surface area contributed by atoms with Crippen LogP contribution in [0.3, 0.4) is 0 Å². The number of aryl methyl sites for hydroxylation is 1. The maximum absolute atomic E-state index is 12.9. The molecule has 1 atom stereocenters. The first kappa shape index (κ1) is 16.3. The van der Waals surface area contributed by atoms with Crippen molar-refractivity contribution in [1.29, 1.82) is 0 Å². The van der Waals surface area contributed by atoms with Crippen LogP contribution in [-0.4, -0.2) is 56.1 Å². The van der Waals surface area contributed by atoms with Gasteiger partial charge in [0.25, 0.3) is 5.91 Å². The van der Waals surface area contributed by atoms with E-state index in [2.05, 4.69) is 25.6 Å². The molecule has 1 aromatic carbocycles. The molecule has 26 heavy (non-hydrogen) atoms. The lowest BCUT2D eigenvalue weighted by Crippen LogP contribution is -2.42. The largest absolute Gasteiger partial charge is 0.366 e. The van der Waals surface area contributed by atoms with Crippen LogP contribution in [0.25, 0.3) is 11.3 Å². The summed E-state index contributed by atoms with van der Waals surface area (Å²) in [6.45, 7) is 3.20. The van der Waals surface area contributed by atoms with Crippen molar-refractivity contribution in [2.75, 3.05) is 19.7 Å². The molecule has 0 spiro atoms. The van der Waals surface area contributed by atoms with Crippen LogP contribution in [0.15, 0.2) is 42.5 Å². The van der Waals surface area contributed by atoms with E-state index in [4.69, 9.17) is 4.74 Å². The number of aromatic nitrogens is 5. The lowest BCUT2D eigenvalue weighted by Gasteiger charge is -2.31. The number of hydrogen-bond acceptors (Lipinski definition) is 6. The number of carbonyl (C=O) groups excluding carboxylic acids is 1. The molecular formula is C18H18N6O2. The van der Waals surface area contributed by atoms with Gasteiger partial charge in [-0.15, -0.1) is 10.2 Å². The summed E-state index contributed by atoms with van der Waals surface area (Å²) in [5.41, 5.74) is 3.18. The summed E-state index contributed by atoms with van der Waals surface area (Å²) in [6, 6.07) is 13.6. The summed E-state index contributed by atoms with van der Waals surface area (Å²) in [5, 5.41) is 13.9. The standard InChI is InChI=1S/C18H18N6O2/c1-12-14(7-8-15(19-12)13-5-3-2-4-6-13)18(25)24-9-10-26-16(11-24)17-20-22-23-21-17/h2-8,16H,9-11H2,1H3,(H,20,21,22,23). The van der Waals surface area contributed by atoms with Crippen molar-refractivity contribution in [3.8, 4) is 11.3 Å². The molecule has 8 heteroatoms. The molecule has 0 bridgehead atoms. The van der Waals surface area contributed by atoms with Crippen LogP contribution in [-0.2, 0) is 4.74 Å². The molecule has 0 saturated carbocycles. The summed E-state index contributed by atoms with van der Waals surface area (Å²) in [5.74, 6) is 0.392.